The molecule has 2 atom stereocenters. The first-order valence-corrected chi connectivity index (χ1v) is 8.60. The van der Waals surface area contributed by atoms with Crippen molar-refractivity contribution in [2.24, 2.45) is 0 Å². The quantitative estimate of drug-likeness (QED) is 0.514. The van der Waals surface area contributed by atoms with Crippen molar-refractivity contribution in [3.63, 3.8) is 0 Å². The zero-order valence-electron chi connectivity index (χ0n) is 15.4. The van der Waals surface area contributed by atoms with Crippen molar-refractivity contribution in [3.8, 4) is 5.75 Å². The standard InChI is InChI=1S/C20H23NO7/c1-27-15-8-7-14(9-18(23)24)16(10-15)19(25)17(22)11-21-20(26)28-12-13-5-3-2-4-6-13/h2-8,10,17,19,22,25H,9,11-12H2,1H3,(H,21,26)(H,23,24). The maximum Gasteiger partial charge on any atom is 0.407 e. The molecule has 0 aromatic heterocycles. The molecule has 1 amide bonds. The van der Waals surface area contributed by atoms with Gasteiger partial charge in [-0.1, -0.05) is 36.4 Å². The predicted molar refractivity (Wildman–Crippen MR) is 99.9 cm³/mol. The number of aliphatic carboxylic acids is 1. The Labute approximate surface area is 162 Å². The summed E-state index contributed by atoms with van der Waals surface area (Å²) < 4.78 is 10.1. The van der Waals surface area contributed by atoms with Crippen LogP contribution in [0, 0.1) is 0 Å². The Morgan fingerprint density at radius 1 is 1.11 bits per heavy atom. The Morgan fingerprint density at radius 2 is 1.82 bits per heavy atom. The van der Waals surface area contributed by atoms with Crippen molar-refractivity contribution in [1.29, 1.82) is 0 Å². The van der Waals surface area contributed by atoms with Crippen LogP contribution in [0.1, 0.15) is 22.8 Å². The molecule has 28 heavy (non-hydrogen) atoms. The number of nitrogens with one attached hydrogen (secondary N) is 1. The van der Waals surface area contributed by atoms with Crippen LogP contribution in [0.25, 0.3) is 0 Å². The van der Waals surface area contributed by atoms with E-state index in [1.54, 1.807) is 18.2 Å². The number of carboxylic acid groups (broad SMARTS) is 1. The first-order valence-electron chi connectivity index (χ1n) is 8.60. The minimum atomic E-state index is -1.42. The van der Waals surface area contributed by atoms with Gasteiger partial charge in [-0.25, -0.2) is 4.79 Å². The van der Waals surface area contributed by atoms with Crippen LogP contribution in [-0.4, -0.2) is 47.1 Å². The van der Waals surface area contributed by atoms with E-state index >= 15 is 0 Å². The average Bonchev–Trinajstić information content (AvgIpc) is 2.70. The van der Waals surface area contributed by atoms with Gasteiger partial charge in [0.25, 0.3) is 0 Å². The Bertz CT molecular complexity index is 794. The summed E-state index contributed by atoms with van der Waals surface area (Å²) in [4.78, 5) is 22.8. The first kappa shape index (κ1) is 21.2. The van der Waals surface area contributed by atoms with Crippen molar-refractivity contribution in [2.45, 2.75) is 25.2 Å². The molecule has 0 aliphatic heterocycles. The molecule has 0 saturated heterocycles. The minimum Gasteiger partial charge on any atom is -0.497 e. The second-order valence-corrected chi connectivity index (χ2v) is 6.09. The molecule has 0 radical (unpaired) electrons. The second-order valence-electron chi connectivity index (χ2n) is 6.09. The van der Waals surface area contributed by atoms with Crippen molar-refractivity contribution in [2.75, 3.05) is 13.7 Å². The fourth-order valence-electron chi connectivity index (χ4n) is 2.58. The van der Waals surface area contributed by atoms with Crippen molar-refractivity contribution in [1.82, 2.24) is 5.32 Å². The smallest absolute Gasteiger partial charge is 0.407 e. The molecule has 2 unspecified atom stereocenters. The van der Waals surface area contributed by atoms with Crippen LogP contribution in [-0.2, 0) is 22.6 Å². The largest absolute Gasteiger partial charge is 0.497 e. The molecule has 0 bridgehead atoms. The summed E-state index contributed by atoms with van der Waals surface area (Å²) in [7, 11) is 1.43. The van der Waals surface area contributed by atoms with Crippen LogP contribution in [0.2, 0.25) is 0 Å². The molecule has 0 heterocycles. The molecule has 4 N–H and O–H groups in total. The van der Waals surface area contributed by atoms with Crippen LogP contribution in [0.5, 0.6) is 5.75 Å². The molecule has 150 valence electrons. The average molecular weight is 389 g/mol. The van der Waals surface area contributed by atoms with Gasteiger partial charge in [-0.05, 0) is 28.8 Å². The van der Waals surface area contributed by atoms with Crippen molar-refractivity contribution >= 4 is 12.1 Å². The van der Waals surface area contributed by atoms with Gasteiger partial charge in [0.2, 0.25) is 0 Å². The zero-order chi connectivity index (χ0) is 20.5. The Balaban J connectivity index is 1.95. The summed E-state index contributed by atoms with van der Waals surface area (Å²) in [6.07, 6.45) is -3.86. The Hall–Kier alpha value is -3.10. The third kappa shape index (κ3) is 6.26. The van der Waals surface area contributed by atoms with Crippen LogP contribution < -0.4 is 10.1 Å². The predicted octanol–water partition coefficient (Wildman–Crippen LogP) is 1.64. The lowest BCUT2D eigenvalue weighted by Gasteiger charge is -2.21. The van der Waals surface area contributed by atoms with Gasteiger partial charge in [-0.2, -0.15) is 0 Å². The number of hydrogen-bond acceptors (Lipinski definition) is 6. The van der Waals surface area contributed by atoms with Gasteiger partial charge in [-0.3, -0.25) is 4.79 Å². The number of aliphatic hydroxyl groups is 2. The minimum absolute atomic E-state index is 0.0734. The number of rotatable bonds is 9. The number of ether oxygens (including phenoxy) is 2. The van der Waals surface area contributed by atoms with E-state index in [9.17, 15) is 19.8 Å². The highest BCUT2D eigenvalue weighted by atomic mass is 16.5. The normalized spacial score (nSPS) is 12.7. The molecule has 2 aromatic carbocycles. The lowest BCUT2D eigenvalue weighted by atomic mass is 9.96. The number of methoxy groups -OCH3 is 1. The molecule has 0 spiro atoms. The molecule has 0 saturated carbocycles. The summed E-state index contributed by atoms with van der Waals surface area (Å²) in [5.41, 5.74) is 1.37. The zero-order valence-corrected chi connectivity index (χ0v) is 15.4. The van der Waals surface area contributed by atoms with Crippen molar-refractivity contribution < 1.29 is 34.4 Å². The van der Waals surface area contributed by atoms with Gasteiger partial charge in [0, 0.05) is 6.54 Å². The van der Waals surface area contributed by atoms with Crippen LogP contribution >= 0.6 is 0 Å². The van der Waals surface area contributed by atoms with Crippen molar-refractivity contribution in [3.05, 3.63) is 65.2 Å². The van der Waals surface area contributed by atoms with E-state index in [2.05, 4.69) is 5.32 Å². The lowest BCUT2D eigenvalue weighted by Crippen LogP contribution is -2.36. The number of alkyl carbamates (subject to hydrolysis) is 1. The molecule has 8 heteroatoms. The number of carbonyl (C=O) groups excluding carboxylic acids is 1. The van der Waals surface area contributed by atoms with E-state index in [1.807, 2.05) is 18.2 Å². The summed E-state index contributed by atoms with van der Waals surface area (Å²) in [6, 6.07) is 13.6. The van der Waals surface area contributed by atoms with Crippen LogP contribution in [0.15, 0.2) is 48.5 Å². The molecule has 2 aromatic rings. The van der Waals surface area contributed by atoms with E-state index in [1.165, 1.54) is 19.2 Å². The summed E-state index contributed by atoms with van der Waals surface area (Å²) in [6.45, 7) is -0.206. The highest BCUT2D eigenvalue weighted by Crippen LogP contribution is 2.26. The number of carboxylic acids is 1. The van der Waals surface area contributed by atoms with E-state index in [-0.39, 0.29) is 25.1 Å². The topological polar surface area (TPSA) is 125 Å². The van der Waals surface area contributed by atoms with Gasteiger partial charge in [0.15, 0.2) is 0 Å². The SMILES string of the molecule is COc1ccc(CC(=O)O)c(C(O)C(O)CNC(=O)OCc2ccccc2)c1. The Morgan fingerprint density at radius 3 is 2.46 bits per heavy atom. The van der Waals surface area contributed by atoms with Crippen LogP contribution in [0.4, 0.5) is 4.79 Å². The van der Waals surface area contributed by atoms with E-state index in [4.69, 9.17) is 14.6 Å². The number of amides is 1. The van der Waals surface area contributed by atoms with Crippen LogP contribution in [0.3, 0.4) is 0 Å². The first-order chi connectivity index (χ1) is 13.4. The fraction of sp³-hybridized carbons (Fsp3) is 0.300. The number of aliphatic hydroxyl groups excluding tert-OH is 2. The summed E-state index contributed by atoms with van der Waals surface area (Å²) in [5.74, 6) is -0.665. The third-order valence-electron chi connectivity index (χ3n) is 4.05. The number of benzene rings is 2. The van der Waals surface area contributed by atoms with Gasteiger partial charge >= 0.3 is 12.1 Å². The molecular weight excluding hydrogens is 366 g/mol. The molecule has 0 aliphatic carbocycles. The molecule has 8 nitrogen and oxygen atoms in total. The fourth-order valence-corrected chi connectivity index (χ4v) is 2.58. The third-order valence-corrected chi connectivity index (χ3v) is 4.05. The number of carbonyl (C=O) groups is 2. The monoisotopic (exact) mass is 389 g/mol. The lowest BCUT2D eigenvalue weighted by molar-refractivity contribution is -0.136. The molecule has 2 rings (SSSR count). The maximum absolute atomic E-state index is 11.8. The highest BCUT2D eigenvalue weighted by Gasteiger charge is 2.23. The van der Waals surface area contributed by atoms with E-state index < -0.39 is 24.3 Å². The Kier molecular flexibility index (Phi) is 7.79. The molecule has 0 fully saturated rings. The summed E-state index contributed by atoms with van der Waals surface area (Å²) in [5, 5.41) is 32.0. The maximum atomic E-state index is 11.8. The number of hydrogen-bond donors (Lipinski definition) is 4. The van der Waals surface area contributed by atoms with Gasteiger partial charge in [0.1, 0.15) is 24.6 Å². The van der Waals surface area contributed by atoms with E-state index in [0.29, 0.717) is 11.3 Å². The summed E-state index contributed by atoms with van der Waals surface area (Å²) >= 11 is 0. The molecule has 0 aliphatic rings. The van der Waals surface area contributed by atoms with Gasteiger partial charge < -0.3 is 30.1 Å². The second kappa shape index (κ2) is 10.3. The molecular formula is C20H23NO7. The van der Waals surface area contributed by atoms with Gasteiger partial charge in [0.05, 0.1) is 13.5 Å². The van der Waals surface area contributed by atoms with Gasteiger partial charge in [-0.15, -0.1) is 0 Å². The highest BCUT2D eigenvalue weighted by molar-refractivity contribution is 5.71. The van der Waals surface area contributed by atoms with E-state index in [0.717, 1.165) is 5.56 Å².